The highest BCUT2D eigenvalue weighted by atomic mass is 16.1. The minimum atomic E-state index is 0.138. The van der Waals surface area contributed by atoms with E-state index in [1.54, 1.807) is 6.08 Å². The van der Waals surface area contributed by atoms with Crippen molar-refractivity contribution in [2.24, 2.45) is 4.99 Å². The first-order chi connectivity index (χ1) is 6.86. The van der Waals surface area contributed by atoms with Gasteiger partial charge in [0.15, 0.2) is 5.78 Å². The van der Waals surface area contributed by atoms with Gasteiger partial charge in [-0.05, 0) is 11.6 Å². The minimum Gasteiger partial charge on any atom is -0.360 e. The first kappa shape index (κ1) is 7.74. The third-order valence-corrected chi connectivity index (χ3v) is 2.78. The summed E-state index contributed by atoms with van der Waals surface area (Å²) in [5.74, 6) is 0.138. The van der Waals surface area contributed by atoms with Crippen molar-refractivity contribution >= 4 is 12.0 Å². The second-order valence-corrected chi connectivity index (χ2v) is 3.63. The SMILES string of the molecule is O=C1C=CCc2[nH]c3c(c21)CC=NC3. The minimum absolute atomic E-state index is 0.138. The highest BCUT2D eigenvalue weighted by molar-refractivity contribution is 6.08. The summed E-state index contributed by atoms with van der Waals surface area (Å²) in [6, 6.07) is 0. The largest absolute Gasteiger partial charge is 0.360 e. The summed E-state index contributed by atoms with van der Waals surface area (Å²) in [6.07, 6.45) is 7.10. The predicted octanol–water partition coefficient (Wildman–Crippen LogP) is 1.44. The second kappa shape index (κ2) is 2.67. The molecule has 0 spiro atoms. The lowest BCUT2D eigenvalue weighted by molar-refractivity contribution is 0.104. The zero-order valence-corrected chi connectivity index (χ0v) is 7.71. The maximum absolute atomic E-state index is 11.7. The van der Waals surface area contributed by atoms with E-state index in [-0.39, 0.29) is 5.78 Å². The molecular formula is C11H10N2O. The van der Waals surface area contributed by atoms with E-state index < -0.39 is 0 Å². The molecule has 0 radical (unpaired) electrons. The van der Waals surface area contributed by atoms with Gasteiger partial charge in [-0.15, -0.1) is 0 Å². The van der Waals surface area contributed by atoms with Gasteiger partial charge in [-0.2, -0.15) is 0 Å². The Balaban J connectivity index is 2.21. The Bertz CT molecular complexity index is 466. The molecule has 1 aromatic heterocycles. The number of nitrogens with one attached hydrogen (secondary N) is 1. The number of allylic oxidation sites excluding steroid dienone is 2. The number of aromatic nitrogens is 1. The number of H-pyrrole nitrogens is 1. The Morgan fingerprint density at radius 2 is 2.21 bits per heavy atom. The Hall–Kier alpha value is -1.64. The quantitative estimate of drug-likeness (QED) is 0.654. The first-order valence-electron chi connectivity index (χ1n) is 4.78. The van der Waals surface area contributed by atoms with Crippen molar-refractivity contribution in [2.75, 3.05) is 0 Å². The van der Waals surface area contributed by atoms with Crippen LogP contribution in [-0.4, -0.2) is 17.0 Å². The molecule has 3 heteroatoms. The average molecular weight is 186 g/mol. The lowest BCUT2D eigenvalue weighted by Gasteiger charge is -2.07. The fourth-order valence-corrected chi connectivity index (χ4v) is 2.14. The van der Waals surface area contributed by atoms with Gasteiger partial charge in [-0.1, -0.05) is 6.08 Å². The van der Waals surface area contributed by atoms with Crippen molar-refractivity contribution in [3.8, 4) is 0 Å². The number of carbonyl (C=O) groups is 1. The fourth-order valence-electron chi connectivity index (χ4n) is 2.14. The van der Waals surface area contributed by atoms with Crippen molar-refractivity contribution in [1.82, 2.24) is 4.98 Å². The van der Waals surface area contributed by atoms with Crippen LogP contribution in [0.15, 0.2) is 17.1 Å². The summed E-state index contributed by atoms with van der Waals surface area (Å²) in [4.78, 5) is 19.2. The summed E-state index contributed by atoms with van der Waals surface area (Å²) in [5, 5.41) is 0. The van der Waals surface area contributed by atoms with Gasteiger partial charge in [-0.25, -0.2) is 0 Å². The van der Waals surface area contributed by atoms with E-state index in [2.05, 4.69) is 9.98 Å². The predicted molar refractivity (Wildman–Crippen MR) is 53.9 cm³/mol. The summed E-state index contributed by atoms with van der Waals surface area (Å²) < 4.78 is 0. The van der Waals surface area contributed by atoms with E-state index >= 15 is 0 Å². The number of fused-ring (bicyclic) bond motifs is 3. The van der Waals surface area contributed by atoms with E-state index in [0.717, 1.165) is 35.4 Å². The van der Waals surface area contributed by atoms with Crippen molar-refractivity contribution in [3.63, 3.8) is 0 Å². The number of ketones is 1. The molecule has 1 N–H and O–H groups in total. The van der Waals surface area contributed by atoms with Crippen LogP contribution >= 0.6 is 0 Å². The van der Waals surface area contributed by atoms with Crippen LogP contribution in [0.2, 0.25) is 0 Å². The zero-order chi connectivity index (χ0) is 9.54. The molecule has 14 heavy (non-hydrogen) atoms. The van der Waals surface area contributed by atoms with E-state index in [0.29, 0.717) is 6.54 Å². The van der Waals surface area contributed by atoms with Crippen molar-refractivity contribution in [3.05, 3.63) is 34.7 Å². The Labute approximate surface area is 81.6 Å². The summed E-state index contributed by atoms with van der Waals surface area (Å²) >= 11 is 0. The Morgan fingerprint density at radius 3 is 3.14 bits per heavy atom. The highest BCUT2D eigenvalue weighted by Gasteiger charge is 2.23. The number of hydrogen-bond donors (Lipinski definition) is 1. The van der Waals surface area contributed by atoms with Crippen molar-refractivity contribution < 1.29 is 4.79 Å². The molecule has 70 valence electrons. The third kappa shape index (κ3) is 0.923. The topological polar surface area (TPSA) is 45.2 Å². The molecule has 1 aromatic rings. The van der Waals surface area contributed by atoms with Crippen LogP contribution in [0.25, 0.3) is 0 Å². The standard InChI is InChI=1S/C11H10N2O/c14-10-3-1-2-8-11(10)7-4-5-12-6-9(7)13-8/h1,3,5,13H,2,4,6H2. The van der Waals surface area contributed by atoms with E-state index in [1.807, 2.05) is 12.3 Å². The monoisotopic (exact) mass is 186 g/mol. The van der Waals surface area contributed by atoms with Crippen LogP contribution in [0.3, 0.4) is 0 Å². The second-order valence-electron chi connectivity index (χ2n) is 3.63. The number of aromatic amines is 1. The molecule has 3 nitrogen and oxygen atoms in total. The molecule has 2 heterocycles. The normalized spacial score (nSPS) is 18.1. The molecule has 1 aliphatic carbocycles. The molecule has 0 atom stereocenters. The van der Waals surface area contributed by atoms with Gasteiger partial charge < -0.3 is 4.98 Å². The van der Waals surface area contributed by atoms with Crippen LogP contribution in [0.1, 0.15) is 27.3 Å². The molecule has 2 aliphatic rings. The molecule has 0 unspecified atom stereocenters. The van der Waals surface area contributed by atoms with Crippen molar-refractivity contribution in [2.45, 2.75) is 19.4 Å². The average Bonchev–Trinajstić information content (AvgIpc) is 2.57. The number of aliphatic imine (C=N–C) groups is 1. The molecule has 0 saturated carbocycles. The highest BCUT2D eigenvalue weighted by Crippen LogP contribution is 2.26. The van der Waals surface area contributed by atoms with Crippen LogP contribution in [0, 0.1) is 0 Å². The lowest BCUT2D eigenvalue weighted by Crippen LogP contribution is -2.07. The number of nitrogens with zero attached hydrogens (tertiary/aromatic N) is 1. The number of rotatable bonds is 0. The maximum Gasteiger partial charge on any atom is 0.187 e. The van der Waals surface area contributed by atoms with Crippen LogP contribution in [0.4, 0.5) is 0 Å². The molecule has 0 bridgehead atoms. The third-order valence-electron chi connectivity index (χ3n) is 2.78. The molecule has 1 aliphatic heterocycles. The molecule has 0 fully saturated rings. The molecule has 0 saturated heterocycles. The van der Waals surface area contributed by atoms with Gasteiger partial charge >= 0.3 is 0 Å². The van der Waals surface area contributed by atoms with Gasteiger partial charge in [0.1, 0.15) is 0 Å². The Morgan fingerprint density at radius 1 is 1.29 bits per heavy atom. The van der Waals surface area contributed by atoms with Gasteiger partial charge in [-0.3, -0.25) is 9.79 Å². The van der Waals surface area contributed by atoms with Crippen molar-refractivity contribution in [1.29, 1.82) is 0 Å². The van der Waals surface area contributed by atoms with E-state index in [9.17, 15) is 4.79 Å². The maximum atomic E-state index is 11.7. The zero-order valence-electron chi connectivity index (χ0n) is 7.71. The van der Waals surface area contributed by atoms with Gasteiger partial charge in [0.05, 0.1) is 6.54 Å². The van der Waals surface area contributed by atoms with Gasteiger partial charge in [0.2, 0.25) is 0 Å². The lowest BCUT2D eigenvalue weighted by atomic mass is 9.96. The molecule has 3 rings (SSSR count). The Kier molecular flexibility index (Phi) is 1.48. The first-order valence-corrected chi connectivity index (χ1v) is 4.78. The number of hydrogen-bond acceptors (Lipinski definition) is 2. The van der Waals surface area contributed by atoms with E-state index in [1.165, 1.54) is 0 Å². The fraction of sp³-hybridized carbons (Fsp3) is 0.273. The molecular weight excluding hydrogens is 176 g/mol. The van der Waals surface area contributed by atoms with Crippen LogP contribution < -0.4 is 0 Å². The molecule has 0 amide bonds. The smallest absolute Gasteiger partial charge is 0.187 e. The number of carbonyl (C=O) groups excluding carboxylic acids is 1. The van der Waals surface area contributed by atoms with Gasteiger partial charge in [0.25, 0.3) is 0 Å². The van der Waals surface area contributed by atoms with Gasteiger partial charge in [0, 0.05) is 36.0 Å². The van der Waals surface area contributed by atoms with Crippen LogP contribution in [-0.2, 0) is 19.4 Å². The van der Waals surface area contributed by atoms with E-state index in [4.69, 9.17) is 0 Å². The summed E-state index contributed by atoms with van der Waals surface area (Å²) in [7, 11) is 0. The summed E-state index contributed by atoms with van der Waals surface area (Å²) in [5.41, 5.74) is 4.24. The summed E-state index contributed by atoms with van der Waals surface area (Å²) in [6.45, 7) is 0.690. The molecule has 0 aromatic carbocycles. The van der Waals surface area contributed by atoms with Crippen LogP contribution in [0.5, 0.6) is 0 Å².